The number of carbonyl (C=O) groups is 2. The van der Waals surface area contributed by atoms with Crippen molar-refractivity contribution in [2.45, 2.75) is 58.2 Å². The normalized spacial score (nSPS) is 18.5. The molecule has 4 nitrogen and oxygen atoms in total. The number of Topliss-reactive ketones (excluding diaryl/α,β-unsaturated/α-hetero) is 2. The van der Waals surface area contributed by atoms with E-state index in [-0.39, 0.29) is 11.6 Å². The maximum Gasteiger partial charge on any atom is 0.179 e. The van der Waals surface area contributed by atoms with E-state index in [1.165, 1.54) is 0 Å². The van der Waals surface area contributed by atoms with E-state index in [0.717, 1.165) is 11.1 Å². The summed E-state index contributed by atoms with van der Waals surface area (Å²) in [6, 6.07) is 13.0. The molecule has 0 aromatic heterocycles. The zero-order valence-electron chi connectivity index (χ0n) is 17.3. The molecule has 1 aliphatic heterocycles. The highest BCUT2D eigenvalue weighted by Crippen LogP contribution is 2.41. The van der Waals surface area contributed by atoms with E-state index < -0.39 is 17.1 Å². The Kier molecular flexibility index (Phi) is 5.42. The summed E-state index contributed by atoms with van der Waals surface area (Å²) >= 11 is 6.03. The Hall–Kier alpha value is -2.48. The first-order valence-corrected chi connectivity index (χ1v) is 10.0. The number of ketones is 2. The van der Waals surface area contributed by atoms with Gasteiger partial charge in [-0.25, -0.2) is 0 Å². The molecule has 0 saturated carbocycles. The van der Waals surface area contributed by atoms with Crippen molar-refractivity contribution in [3.05, 3.63) is 58.1 Å². The molecule has 150 valence electrons. The van der Waals surface area contributed by atoms with Crippen LogP contribution in [0, 0.1) is 11.3 Å². The van der Waals surface area contributed by atoms with Crippen LogP contribution in [0.2, 0.25) is 5.02 Å². The van der Waals surface area contributed by atoms with E-state index in [9.17, 15) is 14.9 Å². The zero-order chi connectivity index (χ0) is 21.6. The SMILES string of the molecule is CCc1ccc(-c2ccc(Cl)cc2C#N)cc1C1C(=O)C(C)(C)OC(C)(C)C1=O. The van der Waals surface area contributed by atoms with Gasteiger partial charge in [-0.05, 0) is 74.6 Å². The fraction of sp³-hybridized carbons (Fsp3) is 0.375. The van der Waals surface area contributed by atoms with Crippen molar-refractivity contribution in [1.82, 2.24) is 0 Å². The molecule has 3 rings (SSSR count). The van der Waals surface area contributed by atoms with Gasteiger partial charge in [0.1, 0.15) is 17.1 Å². The van der Waals surface area contributed by atoms with Crippen LogP contribution >= 0.6 is 11.6 Å². The van der Waals surface area contributed by atoms with Gasteiger partial charge in [0.15, 0.2) is 11.6 Å². The van der Waals surface area contributed by atoms with E-state index >= 15 is 0 Å². The number of aryl methyl sites for hydroxylation is 1. The number of nitrogens with zero attached hydrogens (tertiary/aromatic N) is 1. The van der Waals surface area contributed by atoms with Gasteiger partial charge in [-0.15, -0.1) is 0 Å². The lowest BCUT2D eigenvalue weighted by Gasteiger charge is -2.43. The molecule has 0 radical (unpaired) electrons. The first-order chi connectivity index (χ1) is 13.5. The molecule has 0 atom stereocenters. The van der Waals surface area contributed by atoms with Crippen LogP contribution in [0.15, 0.2) is 36.4 Å². The van der Waals surface area contributed by atoms with Gasteiger partial charge in [0.05, 0.1) is 11.6 Å². The summed E-state index contributed by atoms with van der Waals surface area (Å²) in [5, 5.41) is 9.99. The van der Waals surface area contributed by atoms with E-state index in [1.54, 1.807) is 45.9 Å². The van der Waals surface area contributed by atoms with Crippen molar-refractivity contribution in [2.24, 2.45) is 0 Å². The van der Waals surface area contributed by atoms with Crippen molar-refractivity contribution in [3.8, 4) is 17.2 Å². The summed E-state index contributed by atoms with van der Waals surface area (Å²) in [5.74, 6) is -1.39. The van der Waals surface area contributed by atoms with Gasteiger partial charge in [0.25, 0.3) is 0 Å². The van der Waals surface area contributed by atoms with Crippen molar-refractivity contribution in [2.75, 3.05) is 0 Å². The molecular formula is C24H24ClNO3. The second-order valence-corrected chi connectivity index (χ2v) is 8.79. The number of carbonyl (C=O) groups excluding carboxylic acids is 2. The third kappa shape index (κ3) is 3.73. The lowest BCUT2D eigenvalue weighted by Crippen LogP contribution is -2.58. The van der Waals surface area contributed by atoms with Crippen molar-refractivity contribution < 1.29 is 14.3 Å². The van der Waals surface area contributed by atoms with Crippen LogP contribution in [0.25, 0.3) is 11.1 Å². The molecule has 5 heteroatoms. The minimum absolute atomic E-state index is 0.245. The van der Waals surface area contributed by atoms with Gasteiger partial charge in [-0.1, -0.05) is 36.7 Å². The van der Waals surface area contributed by atoms with Gasteiger partial charge in [0.2, 0.25) is 0 Å². The van der Waals surface area contributed by atoms with Gasteiger partial charge in [0, 0.05) is 5.02 Å². The topological polar surface area (TPSA) is 67.2 Å². The van der Waals surface area contributed by atoms with Gasteiger partial charge >= 0.3 is 0 Å². The molecule has 1 saturated heterocycles. The van der Waals surface area contributed by atoms with Crippen molar-refractivity contribution >= 4 is 23.2 Å². The molecule has 2 aromatic carbocycles. The standard InChI is InChI=1S/C24H24ClNO3/c1-6-14-7-8-15(18-10-9-17(25)11-16(18)13-26)12-19(14)20-21(27)23(2,3)29-24(4,5)22(20)28/h7-12,20H,6H2,1-5H3. The zero-order valence-corrected chi connectivity index (χ0v) is 18.1. The van der Waals surface area contributed by atoms with Crippen LogP contribution in [0.5, 0.6) is 0 Å². The molecule has 29 heavy (non-hydrogen) atoms. The average Bonchev–Trinajstić information content (AvgIpc) is 2.66. The summed E-state index contributed by atoms with van der Waals surface area (Å²) in [4.78, 5) is 26.4. The Morgan fingerprint density at radius 3 is 2.21 bits per heavy atom. The minimum atomic E-state index is -1.07. The van der Waals surface area contributed by atoms with E-state index in [1.807, 2.05) is 25.1 Å². The number of hydrogen-bond donors (Lipinski definition) is 0. The van der Waals surface area contributed by atoms with Crippen LogP contribution < -0.4 is 0 Å². The average molecular weight is 410 g/mol. The molecule has 0 aliphatic carbocycles. The maximum atomic E-state index is 13.2. The van der Waals surface area contributed by atoms with E-state index in [2.05, 4.69) is 6.07 Å². The van der Waals surface area contributed by atoms with Crippen LogP contribution in [-0.2, 0) is 20.7 Å². The first kappa shape index (κ1) is 21.2. The highest BCUT2D eigenvalue weighted by Gasteiger charge is 2.53. The maximum absolute atomic E-state index is 13.2. The van der Waals surface area contributed by atoms with Crippen LogP contribution in [0.3, 0.4) is 0 Å². The number of benzene rings is 2. The van der Waals surface area contributed by atoms with E-state index in [4.69, 9.17) is 16.3 Å². The monoisotopic (exact) mass is 409 g/mol. The summed E-state index contributed by atoms with van der Waals surface area (Å²) in [7, 11) is 0. The third-order valence-corrected chi connectivity index (χ3v) is 5.71. The molecular weight excluding hydrogens is 386 g/mol. The lowest BCUT2D eigenvalue weighted by molar-refractivity contribution is -0.184. The van der Waals surface area contributed by atoms with Gasteiger partial charge in [-0.3, -0.25) is 9.59 Å². The largest absolute Gasteiger partial charge is 0.354 e. The molecule has 0 spiro atoms. The number of rotatable bonds is 3. The number of ether oxygens (including phenoxy) is 1. The summed E-state index contributed by atoms with van der Waals surface area (Å²) in [5.41, 5.74) is 1.41. The minimum Gasteiger partial charge on any atom is -0.354 e. The van der Waals surface area contributed by atoms with Crippen LogP contribution in [-0.4, -0.2) is 22.8 Å². The lowest BCUT2D eigenvalue weighted by atomic mass is 9.73. The van der Waals surface area contributed by atoms with Crippen molar-refractivity contribution in [1.29, 1.82) is 5.26 Å². The number of nitriles is 1. The molecule has 1 fully saturated rings. The predicted molar refractivity (Wildman–Crippen MR) is 113 cm³/mol. The Balaban J connectivity index is 2.22. The van der Waals surface area contributed by atoms with Gasteiger partial charge < -0.3 is 4.74 Å². The summed E-state index contributed by atoms with van der Waals surface area (Å²) in [6.07, 6.45) is 0.681. The Bertz CT molecular complexity index is 1020. The third-order valence-electron chi connectivity index (χ3n) is 5.47. The van der Waals surface area contributed by atoms with Gasteiger partial charge in [-0.2, -0.15) is 5.26 Å². The van der Waals surface area contributed by atoms with Crippen LogP contribution in [0.1, 0.15) is 57.2 Å². The fourth-order valence-electron chi connectivity index (χ4n) is 4.05. The Morgan fingerprint density at radius 1 is 1.03 bits per heavy atom. The van der Waals surface area contributed by atoms with Crippen molar-refractivity contribution in [3.63, 3.8) is 0 Å². The molecule has 0 amide bonds. The first-order valence-electron chi connectivity index (χ1n) is 9.63. The molecule has 0 bridgehead atoms. The quantitative estimate of drug-likeness (QED) is 0.649. The highest BCUT2D eigenvalue weighted by molar-refractivity contribution is 6.30. The smallest absolute Gasteiger partial charge is 0.179 e. The summed E-state index contributed by atoms with van der Waals surface area (Å²) < 4.78 is 5.82. The Morgan fingerprint density at radius 2 is 1.66 bits per heavy atom. The number of hydrogen-bond acceptors (Lipinski definition) is 4. The predicted octanol–water partition coefficient (Wildman–Crippen LogP) is 5.25. The molecule has 0 N–H and O–H groups in total. The molecule has 0 unspecified atom stereocenters. The molecule has 2 aromatic rings. The fourth-order valence-corrected chi connectivity index (χ4v) is 4.22. The van der Waals surface area contributed by atoms with E-state index in [0.29, 0.717) is 28.1 Å². The molecule has 1 aliphatic rings. The second kappa shape index (κ2) is 7.40. The number of halogens is 1. The Labute approximate surface area is 176 Å². The summed E-state index contributed by atoms with van der Waals surface area (Å²) in [6.45, 7) is 8.82. The molecule has 1 heterocycles. The second-order valence-electron chi connectivity index (χ2n) is 8.35. The van der Waals surface area contributed by atoms with Crippen LogP contribution in [0.4, 0.5) is 0 Å². The highest BCUT2D eigenvalue weighted by atomic mass is 35.5.